The number of benzene rings is 1. The lowest BCUT2D eigenvalue weighted by molar-refractivity contribution is -0.127. The molecule has 0 radical (unpaired) electrons. The molecule has 2 heterocycles. The van der Waals surface area contributed by atoms with Gasteiger partial charge in [0, 0.05) is 30.6 Å². The molecular weight excluding hydrogens is 370 g/mol. The Balaban J connectivity index is 1.63. The van der Waals surface area contributed by atoms with Crippen LogP contribution in [0, 0.1) is 18.8 Å². The van der Waals surface area contributed by atoms with Crippen molar-refractivity contribution in [3.63, 3.8) is 0 Å². The van der Waals surface area contributed by atoms with E-state index < -0.39 is 0 Å². The van der Waals surface area contributed by atoms with Gasteiger partial charge in [-0.1, -0.05) is 37.3 Å². The fraction of sp³-hybridized carbons (Fsp3) is 0.500. The first-order valence-electron chi connectivity index (χ1n) is 9.99. The zero-order valence-electron chi connectivity index (χ0n) is 17.1. The molecule has 1 atom stereocenters. The van der Waals surface area contributed by atoms with Crippen LogP contribution in [0.25, 0.3) is 10.6 Å². The van der Waals surface area contributed by atoms with Gasteiger partial charge in [0.2, 0.25) is 5.91 Å². The third-order valence-corrected chi connectivity index (χ3v) is 6.58. The van der Waals surface area contributed by atoms with Gasteiger partial charge in [-0.25, -0.2) is 4.98 Å². The lowest BCUT2D eigenvalue weighted by Gasteiger charge is -2.34. The van der Waals surface area contributed by atoms with Crippen molar-refractivity contribution in [2.45, 2.75) is 46.6 Å². The van der Waals surface area contributed by atoms with Crippen LogP contribution in [0.1, 0.15) is 49.0 Å². The number of aromatic nitrogens is 1. The van der Waals surface area contributed by atoms with Crippen molar-refractivity contribution in [3.05, 3.63) is 40.9 Å². The molecule has 0 bridgehead atoms. The van der Waals surface area contributed by atoms with Crippen LogP contribution < -0.4 is 5.32 Å². The number of carbonyl (C=O) groups is 2. The number of nitrogens with one attached hydrogen (secondary N) is 1. The highest BCUT2D eigenvalue weighted by Crippen LogP contribution is 2.31. The average Bonchev–Trinajstić information content (AvgIpc) is 3.09. The summed E-state index contributed by atoms with van der Waals surface area (Å²) < 4.78 is 0. The molecular formula is C22H29N3O2S. The van der Waals surface area contributed by atoms with Crippen LogP contribution in [0.5, 0.6) is 0 Å². The Bertz CT molecular complexity index is 824. The third-order valence-electron chi connectivity index (χ3n) is 5.39. The molecule has 6 heteroatoms. The second-order valence-electron chi connectivity index (χ2n) is 7.88. The molecule has 28 heavy (non-hydrogen) atoms. The highest BCUT2D eigenvalue weighted by Gasteiger charge is 2.31. The van der Waals surface area contributed by atoms with E-state index in [1.165, 1.54) is 11.3 Å². The number of hydrogen-bond acceptors (Lipinski definition) is 4. The van der Waals surface area contributed by atoms with Gasteiger partial charge in [0.25, 0.3) is 5.91 Å². The Morgan fingerprint density at radius 3 is 2.39 bits per heavy atom. The Hall–Kier alpha value is -2.21. The van der Waals surface area contributed by atoms with Gasteiger partial charge in [-0.2, -0.15) is 0 Å². The molecule has 1 aromatic carbocycles. The summed E-state index contributed by atoms with van der Waals surface area (Å²) in [6, 6.07) is 10.1. The summed E-state index contributed by atoms with van der Waals surface area (Å²) in [5.41, 5.74) is 1.83. The summed E-state index contributed by atoms with van der Waals surface area (Å²) in [4.78, 5) is 32.6. The van der Waals surface area contributed by atoms with Crippen LogP contribution in [0.15, 0.2) is 30.3 Å². The van der Waals surface area contributed by atoms with E-state index in [2.05, 4.69) is 10.3 Å². The van der Waals surface area contributed by atoms with Gasteiger partial charge in [-0.15, -0.1) is 11.3 Å². The summed E-state index contributed by atoms with van der Waals surface area (Å²) in [5.74, 6) is 0.486. The van der Waals surface area contributed by atoms with Crippen molar-refractivity contribution in [1.82, 2.24) is 15.2 Å². The van der Waals surface area contributed by atoms with Crippen molar-refractivity contribution < 1.29 is 9.59 Å². The summed E-state index contributed by atoms with van der Waals surface area (Å²) in [6.07, 6.45) is 1.73. The number of hydrogen-bond donors (Lipinski definition) is 1. The third kappa shape index (κ3) is 4.61. The molecule has 1 aromatic heterocycles. The van der Waals surface area contributed by atoms with Crippen molar-refractivity contribution in [1.29, 1.82) is 0 Å². The maximum Gasteiger partial charge on any atom is 0.265 e. The van der Waals surface area contributed by atoms with E-state index in [1.54, 1.807) is 0 Å². The number of nitrogens with zero attached hydrogens (tertiary/aromatic N) is 2. The van der Waals surface area contributed by atoms with Crippen molar-refractivity contribution in [2.75, 3.05) is 13.1 Å². The molecule has 5 nitrogen and oxygen atoms in total. The van der Waals surface area contributed by atoms with E-state index in [4.69, 9.17) is 0 Å². The second-order valence-corrected chi connectivity index (χ2v) is 8.88. The average molecular weight is 400 g/mol. The van der Waals surface area contributed by atoms with Gasteiger partial charge in [0.15, 0.2) is 0 Å². The standard InChI is InChI=1S/C22H29N3O2S/c1-14(2)23-20(26)15(3)17-10-12-25(13-11-17)22(27)19-16(4)24-21(28-19)18-8-6-5-7-9-18/h5-9,14-15,17H,10-13H2,1-4H3,(H,23,26)/t15-/m0/s1. The fourth-order valence-corrected chi connectivity index (χ4v) is 4.71. The first-order valence-corrected chi connectivity index (χ1v) is 10.8. The van der Waals surface area contributed by atoms with Gasteiger partial charge in [-0.05, 0) is 39.5 Å². The SMILES string of the molecule is Cc1nc(-c2ccccc2)sc1C(=O)N1CCC([C@H](C)C(=O)NC(C)C)CC1. The van der Waals surface area contributed by atoms with Gasteiger partial charge >= 0.3 is 0 Å². The molecule has 2 aromatic rings. The molecule has 0 saturated carbocycles. The second kappa shape index (κ2) is 8.86. The van der Waals surface area contributed by atoms with Gasteiger partial charge < -0.3 is 10.2 Å². The highest BCUT2D eigenvalue weighted by atomic mass is 32.1. The maximum atomic E-state index is 13.0. The fourth-order valence-electron chi connectivity index (χ4n) is 3.68. The van der Waals surface area contributed by atoms with E-state index in [0.717, 1.165) is 34.0 Å². The van der Waals surface area contributed by atoms with Gasteiger partial charge in [-0.3, -0.25) is 9.59 Å². The molecule has 2 amide bonds. The van der Waals surface area contributed by atoms with Gasteiger partial charge in [0.1, 0.15) is 9.88 Å². The molecule has 1 saturated heterocycles. The Morgan fingerprint density at radius 1 is 1.14 bits per heavy atom. The topological polar surface area (TPSA) is 62.3 Å². The number of thiazole rings is 1. The predicted molar refractivity (Wildman–Crippen MR) is 113 cm³/mol. The Kier molecular flexibility index (Phi) is 6.50. The number of piperidine rings is 1. The molecule has 0 aliphatic carbocycles. The summed E-state index contributed by atoms with van der Waals surface area (Å²) >= 11 is 1.47. The van der Waals surface area contributed by atoms with E-state index in [-0.39, 0.29) is 23.8 Å². The predicted octanol–water partition coefficient (Wildman–Crippen LogP) is 4.13. The van der Waals surface area contributed by atoms with E-state index in [9.17, 15) is 9.59 Å². The summed E-state index contributed by atoms with van der Waals surface area (Å²) in [6.45, 7) is 9.25. The van der Waals surface area contributed by atoms with E-state index in [1.807, 2.05) is 62.9 Å². The number of amides is 2. The van der Waals surface area contributed by atoms with Crippen LogP contribution in [-0.2, 0) is 4.79 Å². The van der Waals surface area contributed by atoms with Crippen LogP contribution >= 0.6 is 11.3 Å². The number of carbonyl (C=O) groups excluding carboxylic acids is 2. The normalized spacial score (nSPS) is 16.2. The Labute approximate surface area is 171 Å². The molecule has 0 spiro atoms. The van der Waals surface area contributed by atoms with Crippen LogP contribution in [0.2, 0.25) is 0 Å². The molecule has 1 fully saturated rings. The van der Waals surface area contributed by atoms with Crippen LogP contribution in [-0.4, -0.2) is 40.8 Å². The first-order chi connectivity index (χ1) is 13.4. The molecule has 1 aliphatic rings. The number of aryl methyl sites for hydroxylation is 1. The number of rotatable bonds is 5. The summed E-state index contributed by atoms with van der Waals surface area (Å²) in [5, 5.41) is 3.88. The number of likely N-dealkylation sites (tertiary alicyclic amines) is 1. The largest absolute Gasteiger partial charge is 0.354 e. The zero-order chi connectivity index (χ0) is 20.3. The van der Waals surface area contributed by atoms with Crippen LogP contribution in [0.4, 0.5) is 0 Å². The minimum atomic E-state index is -0.0190. The lowest BCUT2D eigenvalue weighted by atomic mass is 9.84. The summed E-state index contributed by atoms with van der Waals surface area (Å²) in [7, 11) is 0. The molecule has 1 aliphatic heterocycles. The van der Waals surface area contributed by atoms with Crippen molar-refractivity contribution in [2.24, 2.45) is 11.8 Å². The molecule has 3 rings (SSSR count). The lowest BCUT2D eigenvalue weighted by Crippen LogP contribution is -2.43. The maximum absolute atomic E-state index is 13.0. The quantitative estimate of drug-likeness (QED) is 0.822. The van der Waals surface area contributed by atoms with E-state index >= 15 is 0 Å². The molecule has 1 N–H and O–H groups in total. The zero-order valence-corrected chi connectivity index (χ0v) is 17.9. The smallest absolute Gasteiger partial charge is 0.265 e. The molecule has 150 valence electrons. The van der Waals surface area contributed by atoms with Crippen molar-refractivity contribution in [3.8, 4) is 10.6 Å². The van der Waals surface area contributed by atoms with Gasteiger partial charge in [0.05, 0.1) is 5.69 Å². The molecule has 0 unspecified atom stereocenters. The highest BCUT2D eigenvalue weighted by molar-refractivity contribution is 7.17. The Morgan fingerprint density at radius 2 is 1.79 bits per heavy atom. The minimum absolute atomic E-state index is 0.0190. The van der Waals surface area contributed by atoms with Crippen molar-refractivity contribution >= 4 is 23.2 Å². The first kappa shape index (κ1) is 20.5. The monoisotopic (exact) mass is 399 g/mol. The van der Waals surface area contributed by atoms with Crippen LogP contribution in [0.3, 0.4) is 0 Å². The minimum Gasteiger partial charge on any atom is -0.354 e. The van der Waals surface area contributed by atoms with E-state index in [0.29, 0.717) is 19.0 Å².